The number of alkyl halides is 3. The Morgan fingerprint density at radius 3 is 2.42 bits per heavy atom. The number of amides is 1. The van der Waals surface area contributed by atoms with Crippen molar-refractivity contribution >= 4 is 5.91 Å². The van der Waals surface area contributed by atoms with Gasteiger partial charge in [-0.2, -0.15) is 18.3 Å². The molecule has 176 valence electrons. The van der Waals surface area contributed by atoms with Gasteiger partial charge in [0.15, 0.2) is 5.69 Å². The van der Waals surface area contributed by atoms with Crippen LogP contribution in [0.3, 0.4) is 0 Å². The first-order chi connectivity index (χ1) is 15.7. The van der Waals surface area contributed by atoms with Gasteiger partial charge in [0.1, 0.15) is 17.7 Å². The Morgan fingerprint density at radius 1 is 1.12 bits per heavy atom. The van der Waals surface area contributed by atoms with E-state index in [0.29, 0.717) is 17.7 Å². The van der Waals surface area contributed by atoms with Crippen LogP contribution in [-0.4, -0.2) is 20.7 Å². The van der Waals surface area contributed by atoms with E-state index in [0.717, 1.165) is 41.6 Å². The van der Waals surface area contributed by atoms with Gasteiger partial charge in [0.05, 0.1) is 11.7 Å². The molecule has 0 bridgehead atoms. The van der Waals surface area contributed by atoms with Crippen molar-refractivity contribution in [1.29, 1.82) is 0 Å². The number of aromatic nitrogens is 3. The number of rotatable bonds is 9. The van der Waals surface area contributed by atoms with Crippen molar-refractivity contribution in [2.24, 2.45) is 0 Å². The predicted molar refractivity (Wildman–Crippen MR) is 111 cm³/mol. The SMILES string of the molecule is CCCCC(C(=O)N[C@@H](Cc1cc(F)cc(F)c1)c1ccccn1)n1ccc(C(F)(F)F)n1. The molecule has 2 atom stereocenters. The summed E-state index contributed by atoms with van der Waals surface area (Å²) in [6.07, 6.45) is -0.379. The first-order valence-electron chi connectivity index (χ1n) is 10.5. The fourth-order valence-corrected chi connectivity index (χ4v) is 3.49. The molecule has 0 spiro atoms. The van der Waals surface area contributed by atoms with Crippen LogP contribution in [0.4, 0.5) is 22.0 Å². The molecule has 0 aliphatic rings. The lowest BCUT2D eigenvalue weighted by molar-refractivity contribution is -0.142. The third kappa shape index (κ3) is 6.59. The molecule has 1 N–H and O–H groups in total. The van der Waals surface area contributed by atoms with Gasteiger partial charge in [-0.3, -0.25) is 14.5 Å². The van der Waals surface area contributed by atoms with Gasteiger partial charge in [0, 0.05) is 18.5 Å². The highest BCUT2D eigenvalue weighted by Gasteiger charge is 2.35. The summed E-state index contributed by atoms with van der Waals surface area (Å²) >= 11 is 0. The molecule has 1 aromatic carbocycles. The molecule has 0 aliphatic carbocycles. The van der Waals surface area contributed by atoms with Gasteiger partial charge in [0.2, 0.25) is 5.91 Å². The van der Waals surface area contributed by atoms with Crippen molar-refractivity contribution in [3.05, 3.63) is 83.4 Å². The molecular weight excluding hydrogens is 443 g/mol. The fourth-order valence-electron chi connectivity index (χ4n) is 3.49. The molecule has 3 rings (SSSR count). The second-order valence-corrected chi connectivity index (χ2v) is 7.63. The van der Waals surface area contributed by atoms with Gasteiger partial charge in [0.25, 0.3) is 0 Å². The number of unbranched alkanes of at least 4 members (excludes halogenated alkanes) is 1. The van der Waals surface area contributed by atoms with Crippen molar-refractivity contribution in [1.82, 2.24) is 20.1 Å². The van der Waals surface area contributed by atoms with Gasteiger partial charge in [-0.05, 0) is 48.7 Å². The number of nitrogens with zero attached hydrogens (tertiary/aromatic N) is 3. The summed E-state index contributed by atoms with van der Waals surface area (Å²) in [6.45, 7) is 1.90. The van der Waals surface area contributed by atoms with E-state index in [2.05, 4.69) is 15.4 Å². The summed E-state index contributed by atoms with van der Waals surface area (Å²) in [5.74, 6) is -2.07. The predicted octanol–water partition coefficient (Wildman–Crippen LogP) is 5.41. The Labute approximate surface area is 187 Å². The summed E-state index contributed by atoms with van der Waals surface area (Å²) in [5, 5.41) is 6.35. The number of hydrogen-bond donors (Lipinski definition) is 1. The van der Waals surface area contributed by atoms with Crippen molar-refractivity contribution < 1.29 is 26.7 Å². The zero-order valence-electron chi connectivity index (χ0n) is 17.8. The van der Waals surface area contributed by atoms with Crippen molar-refractivity contribution in [2.75, 3.05) is 0 Å². The third-order valence-electron chi connectivity index (χ3n) is 5.08. The smallest absolute Gasteiger partial charge is 0.346 e. The van der Waals surface area contributed by atoms with Crippen LogP contribution >= 0.6 is 0 Å². The maximum atomic E-state index is 13.7. The zero-order valence-corrected chi connectivity index (χ0v) is 17.8. The molecule has 0 saturated heterocycles. The second-order valence-electron chi connectivity index (χ2n) is 7.63. The van der Waals surface area contributed by atoms with Gasteiger partial charge in [-0.15, -0.1) is 0 Å². The normalized spacial score (nSPS) is 13.5. The monoisotopic (exact) mass is 466 g/mol. The molecule has 0 saturated carbocycles. The lowest BCUT2D eigenvalue weighted by Gasteiger charge is -2.23. The van der Waals surface area contributed by atoms with Gasteiger partial charge in [-0.25, -0.2) is 8.78 Å². The van der Waals surface area contributed by atoms with Crippen LogP contribution in [0.15, 0.2) is 54.9 Å². The number of hydrogen-bond acceptors (Lipinski definition) is 3. The number of halogens is 5. The highest BCUT2D eigenvalue weighted by molar-refractivity contribution is 5.80. The molecule has 0 aliphatic heterocycles. The average Bonchev–Trinajstić information content (AvgIpc) is 3.24. The summed E-state index contributed by atoms with van der Waals surface area (Å²) in [4.78, 5) is 17.4. The van der Waals surface area contributed by atoms with Crippen LogP contribution in [0.2, 0.25) is 0 Å². The highest BCUT2D eigenvalue weighted by atomic mass is 19.4. The average molecular weight is 466 g/mol. The minimum atomic E-state index is -4.63. The Balaban J connectivity index is 1.88. The number of benzene rings is 1. The van der Waals surface area contributed by atoms with E-state index in [9.17, 15) is 26.7 Å². The number of nitrogens with one attached hydrogen (secondary N) is 1. The van der Waals surface area contributed by atoms with E-state index in [4.69, 9.17) is 0 Å². The molecule has 2 aromatic heterocycles. The van der Waals surface area contributed by atoms with Crippen LogP contribution in [0.1, 0.15) is 55.2 Å². The molecule has 33 heavy (non-hydrogen) atoms. The van der Waals surface area contributed by atoms with Crippen LogP contribution in [-0.2, 0) is 17.4 Å². The minimum absolute atomic E-state index is 0.0326. The Bertz CT molecular complexity index is 1050. The topological polar surface area (TPSA) is 59.8 Å². The second kappa shape index (κ2) is 10.5. The third-order valence-corrected chi connectivity index (χ3v) is 5.08. The molecule has 5 nitrogen and oxygen atoms in total. The van der Waals surface area contributed by atoms with Crippen LogP contribution in [0.25, 0.3) is 0 Å². The minimum Gasteiger partial charge on any atom is -0.346 e. The maximum Gasteiger partial charge on any atom is 0.435 e. The number of carbonyl (C=O) groups is 1. The standard InChI is InChI=1S/C23H23F5N4O/c1-2-3-7-20(32-10-8-21(31-32)23(26,27)28)22(33)30-19(18-6-4-5-9-29-18)13-15-11-16(24)14-17(25)12-15/h4-6,8-12,14,19-20H,2-3,7,13H2,1H3,(H,30,33)/t19-,20?/m0/s1. The van der Waals surface area contributed by atoms with Crippen molar-refractivity contribution in [3.8, 4) is 0 Å². The number of pyridine rings is 1. The van der Waals surface area contributed by atoms with Crippen molar-refractivity contribution in [3.63, 3.8) is 0 Å². The maximum absolute atomic E-state index is 13.7. The van der Waals surface area contributed by atoms with Gasteiger partial charge < -0.3 is 5.32 Å². The zero-order chi connectivity index (χ0) is 24.0. The number of carbonyl (C=O) groups excluding carboxylic acids is 1. The Kier molecular flexibility index (Phi) is 7.78. The van der Waals surface area contributed by atoms with E-state index in [-0.39, 0.29) is 12.8 Å². The Morgan fingerprint density at radius 2 is 1.85 bits per heavy atom. The highest BCUT2D eigenvalue weighted by Crippen LogP contribution is 2.29. The molecule has 2 heterocycles. The molecule has 1 unspecified atom stereocenters. The van der Waals surface area contributed by atoms with Gasteiger partial charge in [-0.1, -0.05) is 25.8 Å². The summed E-state index contributed by atoms with van der Waals surface area (Å²) in [7, 11) is 0. The van der Waals surface area contributed by atoms with Crippen LogP contribution in [0.5, 0.6) is 0 Å². The molecular formula is C23H23F5N4O. The van der Waals surface area contributed by atoms with Crippen molar-refractivity contribution in [2.45, 2.75) is 50.9 Å². The molecule has 3 aromatic rings. The largest absolute Gasteiger partial charge is 0.435 e. The Hall–Kier alpha value is -3.30. The quantitative estimate of drug-likeness (QED) is 0.429. The van der Waals surface area contributed by atoms with E-state index in [1.165, 1.54) is 6.20 Å². The molecule has 10 heteroatoms. The fraction of sp³-hybridized carbons (Fsp3) is 0.348. The summed E-state index contributed by atoms with van der Waals surface area (Å²) < 4.78 is 67.4. The van der Waals surface area contributed by atoms with E-state index in [1.807, 2.05) is 6.92 Å². The first kappa shape index (κ1) is 24.3. The first-order valence-corrected chi connectivity index (χ1v) is 10.5. The van der Waals surface area contributed by atoms with Crippen LogP contribution < -0.4 is 5.32 Å². The van der Waals surface area contributed by atoms with E-state index < -0.39 is 41.5 Å². The summed E-state index contributed by atoms with van der Waals surface area (Å²) in [5.41, 5.74) is -0.346. The molecule has 0 fully saturated rings. The van der Waals surface area contributed by atoms with E-state index in [1.54, 1.807) is 18.2 Å². The van der Waals surface area contributed by atoms with Gasteiger partial charge >= 0.3 is 6.18 Å². The lowest BCUT2D eigenvalue weighted by atomic mass is 10.0. The van der Waals surface area contributed by atoms with E-state index >= 15 is 0 Å². The molecule has 1 amide bonds. The molecule has 0 radical (unpaired) electrons. The lowest BCUT2D eigenvalue weighted by Crippen LogP contribution is -2.37. The van der Waals surface area contributed by atoms with Crippen LogP contribution in [0, 0.1) is 11.6 Å². The summed E-state index contributed by atoms with van der Waals surface area (Å²) in [6, 6.07) is 7.15.